The third kappa shape index (κ3) is 4.76. The zero-order valence-corrected chi connectivity index (χ0v) is 18.7. The summed E-state index contributed by atoms with van der Waals surface area (Å²) in [5, 5.41) is 4.01. The van der Waals surface area contributed by atoms with Crippen molar-refractivity contribution < 1.29 is 27.1 Å². The summed E-state index contributed by atoms with van der Waals surface area (Å²) in [7, 11) is 1.63. The number of nitrogens with zero attached hydrogens (tertiary/aromatic N) is 3. The number of halogens is 6. The predicted molar refractivity (Wildman–Crippen MR) is 118 cm³/mol. The van der Waals surface area contributed by atoms with Crippen LogP contribution in [0.25, 0.3) is 22.8 Å². The van der Waals surface area contributed by atoms with Crippen molar-refractivity contribution >= 4 is 29.2 Å². The van der Waals surface area contributed by atoms with Gasteiger partial charge in [-0.3, -0.25) is 0 Å². The highest BCUT2D eigenvalue weighted by Crippen LogP contribution is 2.33. The lowest BCUT2D eigenvalue weighted by atomic mass is 10.1. The first-order valence-corrected chi connectivity index (χ1v) is 10.3. The average Bonchev–Trinajstić information content (AvgIpc) is 3.14. The van der Waals surface area contributed by atoms with E-state index in [-0.39, 0.29) is 32.7 Å². The molecule has 0 saturated carbocycles. The fourth-order valence-electron chi connectivity index (χ4n) is 3.14. The third-order valence-electron chi connectivity index (χ3n) is 4.79. The zero-order chi connectivity index (χ0) is 24.6. The highest BCUT2D eigenvalue weighted by molar-refractivity contribution is 6.33. The topological polar surface area (TPSA) is 57.0 Å². The van der Waals surface area contributed by atoms with Crippen LogP contribution in [-0.4, -0.2) is 20.7 Å². The summed E-state index contributed by atoms with van der Waals surface area (Å²) >= 11 is 11.9. The van der Waals surface area contributed by atoms with Gasteiger partial charge in [-0.25, -0.2) is 18.9 Å². The molecule has 0 aliphatic heterocycles. The number of aromatic nitrogens is 3. The Kier molecular flexibility index (Phi) is 6.33. The second-order valence-corrected chi connectivity index (χ2v) is 7.90. The van der Waals surface area contributed by atoms with Crippen LogP contribution in [0.4, 0.5) is 17.6 Å². The molecule has 174 valence electrons. The molecule has 1 aromatic heterocycles. The molecule has 0 N–H and O–H groups in total. The average molecular weight is 510 g/mol. The van der Waals surface area contributed by atoms with Crippen molar-refractivity contribution in [3.63, 3.8) is 0 Å². The van der Waals surface area contributed by atoms with E-state index in [0.29, 0.717) is 17.5 Å². The summed E-state index contributed by atoms with van der Waals surface area (Å²) in [6.45, 7) is 0. The number of carbonyl (C=O) groups is 1. The predicted octanol–water partition coefficient (Wildman–Crippen LogP) is 6.83. The molecule has 0 saturated heterocycles. The SMILES string of the molecule is Cn1nc(-c2c(F)cccc2Cl)nc1-c1ccc(OC(=O)c2ccc(C(F)(F)F)cc2Cl)cc1. The van der Waals surface area contributed by atoms with Crippen LogP contribution in [0.15, 0.2) is 60.7 Å². The van der Waals surface area contributed by atoms with E-state index in [0.717, 1.165) is 12.1 Å². The van der Waals surface area contributed by atoms with Gasteiger partial charge in [-0.1, -0.05) is 29.3 Å². The Morgan fingerprint density at radius 3 is 2.32 bits per heavy atom. The van der Waals surface area contributed by atoms with Crippen LogP contribution in [0.5, 0.6) is 5.75 Å². The number of ether oxygens (including phenoxy) is 1. The van der Waals surface area contributed by atoms with Crippen molar-refractivity contribution in [3.8, 4) is 28.5 Å². The van der Waals surface area contributed by atoms with Crippen molar-refractivity contribution in [1.82, 2.24) is 14.8 Å². The number of carbonyl (C=O) groups excluding carboxylic acids is 1. The molecule has 0 fully saturated rings. The van der Waals surface area contributed by atoms with Gasteiger partial charge >= 0.3 is 12.1 Å². The maximum Gasteiger partial charge on any atom is 0.416 e. The Labute approximate surface area is 200 Å². The van der Waals surface area contributed by atoms with Gasteiger partial charge < -0.3 is 4.74 Å². The quantitative estimate of drug-likeness (QED) is 0.172. The maximum absolute atomic E-state index is 14.2. The number of aryl methyl sites for hydroxylation is 1. The number of benzene rings is 3. The number of alkyl halides is 3. The molecule has 0 bridgehead atoms. The van der Waals surface area contributed by atoms with E-state index in [9.17, 15) is 22.4 Å². The van der Waals surface area contributed by atoms with Gasteiger partial charge in [0.1, 0.15) is 11.6 Å². The van der Waals surface area contributed by atoms with Crippen LogP contribution in [-0.2, 0) is 13.2 Å². The normalized spacial score (nSPS) is 11.5. The molecule has 5 nitrogen and oxygen atoms in total. The molecule has 4 rings (SSSR count). The van der Waals surface area contributed by atoms with Gasteiger partial charge in [0.25, 0.3) is 0 Å². The number of hydrogen-bond donors (Lipinski definition) is 0. The van der Waals surface area contributed by atoms with E-state index in [1.165, 1.54) is 35.0 Å². The second-order valence-electron chi connectivity index (χ2n) is 7.09. The van der Waals surface area contributed by atoms with E-state index in [2.05, 4.69) is 10.1 Å². The number of esters is 1. The summed E-state index contributed by atoms with van der Waals surface area (Å²) in [4.78, 5) is 16.7. The van der Waals surface area contributed by atoms with E-state index >= 15 is 0 Å². The van der Waals surface area contributed by atoms with Gasteiger partial charge in [0.2, 0.25) is 0 Å². The molecule has 4 aromatic rings. The molecule has 0 unspecified atom stereocenters. The van der Waals surface area contributed by atoms with Gasteiger partial charge in [-0.2, -0.15) is 18.3 Å². The van der Waals surface area contributed by atoms with Crippen molar-refractivity contribution in [2.45, 2.75) is 6.18 Å². The summed E-state index contributed by atoms with van der Waals surface area (Å²) < 4.78 is 59.2. The molecule has 0 aliphatic carbocycles. The largest absolute Gasteiger partial charge is 0.423 e. The third-order valence-corrected chi connectivity index (χ3v) is 5.42. The monoisotopic (exact) mass is 509 g/mol. The lowest BCUT2D eigenvalue weighted by Crippen LogP contribution is -2.11. The number of rotatable bonds is 4. The maximum atomic E-state index is 14.2. The highest BCUT2D eigenvalue weighted by Gasteiger charge is 2.31. The van der Waals surface area contributed by atoms with Gasteiger partial charge in [0.05, 0.1) is 26.7 Å². The lowest BCUT2D eigenvalue weighted by Gasteiger charge is -2.10. The molecule has 0 amide bonds. The molecule has 0 atom stereocenters. The molecular formula is C23H13Cl2F4N3O2. The first kappa shape index (κ1) is 23.7. The standard InChI is InChI=1S/C23H13Cl2F4N3O2/c1-32-21(30-20(31-32)19-16(24)3-2-4-18(19)26)12-5-8-14(9-6-12)34-22(33)15-10-7-13(11-17(15)25)23(27,28)29/h2-11H,1H3. The zero-order valence-electron chi connectivity index (χ0n) is 17.2. The molecule has 11 heteroatoms. The lowest BCUT2D eigenvalue weighted by molar-refractivity contribution is -0.137. The van der Waals surface area contributed by atoms with E-state index in [4.69, 9.17) is 27.9 Å². The highest BCUT2D eigenvalue weighted by atomic mass is 35.5. The Balaban J connectivity index is 1.54. The minimum atomic E-state index is -4.58. The van der Waals surface area contributed by atoms with E-state index in [1.807, 2.05) is 0 Å². The molecule has 3 aromatic carbocycles. The molecule has 0 spiro atoms. The summed E-state index contributed by atoms with van der Waals surface area (Å²) in [5.41, 5.74) is -0.525. The van der Waals surface area contributed by atoms with Crippen LogP contribution < -0.4 is 4.74 Å². The van der Waals surface area contributed by atoms with Crippen molar-refractivity contribution in [2.24, 2.45) is 7.05 Å². The second kappa shape index (κ2) is 9.08. The van der Waals surface area contributed by atoms with Crippen LogP contribution in [0.2, 0.25) is 10.0 Å². The molecule has 0 aliphatic rings. The van der Waals surface area contributed by atoms with Crippen molar-refractivity contribution in [2.75, 3.05) is 0 Å². The minimum absolute atomic E-state index is 0.0741. The van der Waals surface area contributed by atoms with Crippen LogP contribution in [0.3, 0.4) is 0 Å². The summed E-state index contributed by atoms with van der Waals surface area (Å²) in [6.07, 6.45) is -4.58. The first-order valence-electron chi connectivity index (χ1n) is 9.59. The Bertz CT molecular complexity index is 1370. The van der Waals surface area contributed by atoms with Gasteiger partial charge in [-0.15, -0.1) is 0 Å². The smallest absolute Gasteiger partial charge is 0.416 e. The van der Waals surface area contributed by atoms with E-state index in [1.54, 1.807) is 19.2 Å². The van der Waals surface area contributed by atoms with E-state index < -0.39 is 23.5 Å². The molecule has 0 radical (unpaired) electrons. The molecule has 1 heterocycles. The fourth-order valence-corrected chi connectivity index (χ4v) is 3.65. The Morgan fingerprint density at radius 2 is 1.71 bits per heavy atom. The molecule has 34 heavy (non-hydrogen) atoms. The Morgan fingerprint density at radius 1 is 1.00 bits per heavy atom. The van der Waals surface area contributed by atoms with Crippen LogP contribution in [0.1, 0.15) is 15.9 Å². The minimum Gasteiger partial charge on any atom is -0.423 e. The first-order chi connectivity index (χ1) is 16.0. The van der Waals surface area contributed by atoms with Gasteiger partial charge in [0, 0.05) is 12.6 Å². The summed E-state index contributed by atoms with van der Waals surface area (Å²) in [5.74, 6) is -0.842. The summed E-state index contributed by atoms with van der Waals surface area (Å²) in [6, 6.07) is 12.7. The van der Waals surface area contributed by atoms with Gasteiger partial charge in [0.15, 0.2) is 11.6 Å². The van der Waals surface area contributed by atoms with Crippen LogP contribution >= 0.6 is 23.2 Å². The van der Waals surface area contributed by atoms with Crippen LogP contribution in [0, 0.1) is 5.82 Å². The Hall–Kier alpha value is -3.43. The van der Waals surface area contributed by atoms with Crippen molar-refractivity contribution in [1.29, 1.82) is 0 Å². The van der Waals surface area contributed by atoms with Gasteiger partial charge in [-0.05, 0) is 54.6 Å². The fraction of sp³-hybridized carbons (Fsp3) is 0.0870. The number of hydrogen-bond acceptors (Lipinski definition) is 4. The van der Waals surface area contributed by atoms with Crippen molar-refractivity contribution in [3.05, 3.63) is 87.7 Å². The molecular weight excluding hydrogens is 497 g/mol.